The molecule has 0 saturated heterocycles. The van der Waals surface area contributed by atoms with Crippen molar-refractivity contribution in [1.82, 2.24) is 0 Å². The molecule has 1 fully saturated rings. The molecule has 1 aliphatic carbocycles. The van der Waals surface area contributed by atoms with Crippen LogP contribution in [0.4, 0.5) is 0 Å². The third-order valence-electron chi connectivity index (χ3n) is 5.54. The van der Waals surface area contributed by atoms with Gasteiger partial charge in [0.15, 0.2) is 0 Å². The zero-order chi connectivity index (χ0) is 18.0. The van der Waals surface area contributed by atoms with Crippen LogP contribution in [0.3, 0.4) is 0 Å². The second-order valence-corrected chi connectivity index (χ2v) is 7.60. The summed E-state index contributed by atoms with van der Waals surface area (Å²) in [5, 5.41) is 20.3. The molecule has 136 valence electrons. The van der Waals surface area contributed by atoms with Crippen LogP contribution in [0.25, 0.3) is 0 Å². The number of carboxylic acid groups (broad SMARTS) is 1. The van der Waals surface area contributed by atoms with Gasteiger partial charge in [0.2, 0.25) is 0 Å². The van der Waals surface area contributed by atoms with E-state index in [1.807, 2.05) is 18.2 Å². The van der Waals surface area contributed by atoms with Crippen LogP contribution in [0.2, 0.25) is 0 Å². The quantitative estimate of drug-likeness (QED) is 0.872. The van der Waals surface area contributed by atoms with E-state index in [0.717, 1.165) is 19.3 Å². The average molecular weight is 345 g/mol. The number of aliphatic imine (C=N–C) groups is 1. The zero-order valence-corrected chi connectivity index (χ0v) is 15.0. The Labute approximate surface area is 148 Å². The van der Waals surface area contributed by atoms with Gasteiger partial charge < -0.3 is 14.9 Å². The number of aliphatic carboxylic acids is 1. The van der Waals surface area contributed by atoms with Gasteiger partial charge in [-0.05, 0) is 30.4 Å². The van der Waals surface area contributed by atoms with Gasteiger partial charge in [-0.1, -0.05) is 45.2 Å². The lowest BCUT2D eigenvalue weighted by Crippen LogP contribution is -2.37. The molecule has 1 atom stereocenters. The number of fused-ring (bicyclic) bond motifs is 1. The van der Waals surface area contributed by atoms with Gasteiger partial charge in [-0.2, -0.15) is 0 Å². The number of aliphatic hydroxyl groups is 1. The van der Waals surface area contributed by atoms with Gasteiger partial charge in [-0.15, -0.1) is 0 Å². The van der Waals surface area contributed by atoms with Gasteiger partial charge in [-0.25, -0.2) is 0 Å². The van der Waals surface area contributed by atoms with E-state index >= 15 is 0 Å². The third kappa shape index (κ3) is 3.56. The summed E-state index contributed by atoms with van der Waals surface area (Å²) in [6, 6.07) is 5.86. The molecule has 3 rings (SSSR count). The molecule has 1 aliphatic heterocycles. The molecule has 1 heterocycles. The van der Waals surface area contributed by atoms with E-state index in [9.17, 15) is 15.0 Å². The number of hydrogen-bond donors (Lipinski definition) is 2. The fraction of sp³-hybridized carbons (Fsp3) is 0.600. The summed E-state index contributed by atoms with van der Waals surface area (Å²) in [6.07, 6.45) is 3.44. The molecule has 0 spiro atoms. The molecule has 0 amide bonds. The van der Waals surface area contributed by atoms with Crippen LogP contribution >= 0.6 is 0 Å². The molecule has 0 aromatic heterocycles. The van der Waals surface area contributed by atoms with Crippen molar-refractivity contribution >= 4 is 11.7 Å². The van der Waals surface area contributed by atoms with Crippen LogP contribution in [0, 0.1) is 5.41 Å². The first-order valence-electron chi connectivity index (χ1n) is 9.14. The van der Waals surface area contributed by atoms with E-state index in [-0.39, 0.29) is 13.2 Å². The first kappa shape index (κ1) is 17.9. The summed E-state index contributed by atoms with van der Waals surface area (Å²) in [5.74, 6) is 0.316. The maximum Gasteiger partial charge on any atom is 0.311 e. The van der Waals surface area contributed by atoms with Crippen LogP contribution < -0.4 is 4.74 Å². The van der Waals surface area contributed by atoms with Gasteiger partial charge >= 0.3 is 5.97 Å². The summed E-state index contributed by atoms with van der Waals surface area (Å²) in [4.78, 5) is 16.3. The molecular formula is C20H27NO4. The van der Waals surface area contributed by atoms with Crippen LogP contribution in [-0.4, -0.2) is 35.0 Å². The van der Waals surface area contributed by atoms with Crippen LogP contribution in [-0.2, 0) is 4.79 Å². The predicted octanol–water partition coefficient (Wildman–Crippen LogP) is 3.71. The molecule has 1 aromatic rings. The Morgan fingerprint density at radius 2 is 2.04 bits per heavy atom. The Balaban J connectivity index is 1.80. The van der Waals surface area contributed by atoms with Crippen molar-refractivity contribution < 1.29 is 19.7 Å². The Kier molecular flexibility index (Phi) is 5.13. The molecule has 5 heteroatoms. The summed E-state index contributed by atoms with van der Waals surface area (Å²) in [7, 11) is 0. The lowest BCUT2D eigenvalue weighted by Gasteiger charge is -2.32. The zero-order valence-electron chi connectivity index (χ0n) is 15.0. The summed E-state index contributed by atoms with van der Waals surface area (Å²) >= 11 is 0. The number of carboxylic acids is 1. The van der Waals surface area contributed by atoms with Gasteiger partial charge in [-0.3, -0.25) is 9.79 Å². The van der Waals surface area contributed by atoms with Gasteiger partial charge in [0, 0.05) is 5.56 Å². The maximum absolute atomic E-state index is 11.8. The minimum absolute atomic E-state index is 0.214. The van der Waals surface area contributed by atoms with E-state index in [4.69, 9.17) is 4.74 Å². The number of rotatable bonds is 4. The average Bonchev–Trinajstić information content (AvgIpc) is 2.61. The van der Waals surface area contributed by atoms with E-state index in [0.29, 0.717) is 35.8 Å². The Morgan fingerprint density at radius 3 is 2.68 bits per heavy atom. The monoisotopic (exact) mass is 345 g/mol. The molecule has 5 nitrogen and oxygen atoms in total. The lowest BCUT2D eigenvalue weighted by molar-refractivity contribution is -0.150. The van der Waals surface area contributed by atoms with Crippen molar-refractivity contribution in [3.05, 3.63) is 29.3 Å². The van der Waals surface area contributed by atoms with Crippen molar-refractivity contribution in [3.8, 4) is 5.75 Å². The number of carbonyl (C=O) groups is 1. The summed E-state index contributed by atoms with van der Waals surface area (Å²) < 4.78 is 5.79. The van der Waals surface area contributed by atoms with E-state index in [2.05, 4.69) is 18.8 Å². The molecule has 1 aromatic carbocycles. The van der Waals surface area contributed by atoms with Crippen molar-refractivity contribution in [2.24, 2.45) is 10.4 Å². The minimum Gasteiger partial charge on any atom is -0.487 e. The van der Waals surface area contributed by atoms with Crippen molar-refractivity contribution in [3.63, 3.8) is 0 Å². The van der Waals surface area contributed by atoms with E-state index in [1.54, 1.807) is 0 Å². The Bertz CT molecular complexity index is 674. The van der Waals surface area contributed by atoms with Crippen LogP contribution in [0.1, 0.15) is 69.1 Å². The van der Waals surface area contributed by atoms with Gasteiger partial charge in [0.25, 0.3) is 0 Å². The number of aliphatic hydroxyl groups excluding tert-OH is 1. The molecule has 0 unspecified atom stereocenters. The normalized spacial score (nSPS) is 24.0. The highest BCUT2D eigenvalue weighted by molar-refractivity contribution is 5.93. The number of nitrogens with zero attached hydrogens (tertiary/aromatic N) is 1. The fourth-order valence-corrected chi connectivity index (χ4v) is 3.72. The van der Waals surface area contributed by atoms with Crippen molar-refractivity contribution in [2.75, 3.05) is 13.2 Å². The minimum atomic E-state index is -0.820. The van der Waals surface area contributed by atoms with Gasteiger partial charge in [0.05, 0.1) is 17.7 Å². The second-order valence-electron chi connectivity index (χ2n) is 7.60. The standard InChI is InChI=1S/C20H27NO4/c1-13(2)14-6-7-15-17(10-14)25-11-16(18(15)22)21-12-20(19(23)24)8-4-3-5-9-20/h6-7,10,13,18,22H,3-5,8-9,11-12H2,1-2H3,(H,23,24)/t18-/m1/s1. The predicted molar refractivity (Wildman–Crippen MR) is 96.4 cm³/mol. The summed E-state index contributed by atoms with van der Waals surface area (Å²) in [6.45, 7) is 4.66. The van der Waals surface area contributed by atoms with Crippen LogP contribution in [0.15, 0.2) is 23.2 Å². The first-order chi connectivity index (χ1) is 11.9. The number of benzene rings is 1. The highest BCUT2D eigenvalue weighted by atomic mass is 16.5. The molecule has 2 N–H and O–H groups in total. The van der Waals surface area contributed by atoms with Crippen molar-refractivity contribution in [2.45, 2.75) is 58.0 Å². The highest BCUT2D eigenvalue weighted by Crippen LogP contribution is 2.38. The highest BCUT2D eigenvalue weighted by Gasteiger charge is 2.40. The van der Waals surface area contributed by atoms with Crippen molar-refractivity contribution in [1.29, 1.82) is 0 Å². The molecule has 1 saturated carbocycles. The number of hydrogen-bond acceptors (Lipinski definition) is 4. The molecule has 0 radical (unpaired) electrons. The lowest BCUT2D eigenvalue weighted by atomic mass is 9.74. The van der Waals surface area contributed by atoms with Gasteiger partial charge in [0.1, 0.15) is 18.5 Å². The maximum atomic E-state index is 11.8. The summed E-state index contributed by atoms with van der Waals surface area (Å²) in [5.41, 5.74) is 1.61. The Hall–Kier alpha value is -1.88. The largest absolute Gasteiger partial charge is 0.487 e. The molecule has 25 heavy (non-hydrogen) atoms. The van der Waals surface area contributed by atoms with E-state index < -0.39 is 17.5 Å². The second kappa shape index (κ2) is 7.16. The third-order valence-corrected chi connectivity index (χ3v) is 5.54. The topological polar surface area (TPSA) is 79.1 Å². The number of ether oxygens (including phenoxy) is 1. The molecular weight excluding hydrogens is 318 g/mol. The Morgan fingerprint density at radius 1 is 1.32 bits per heavy atom. The SMILES string of the molecule is CC(C)c1ccc2c(c1)OCC(=NCC1(C(=O)O)CCCCC1)[C@@H]2O. The molecule has 2 aliphatic rings. The molecule has 0 bridgehead atoms. The van der Waals surface area contributed by atoms with Crippen LogP contribution in [0.5, 0.6) is 5.75 Å². The first-order valence-corrected chi connectivity index (χ1v) is 9.14. The van der Waals surface area contributed by atoms with E-state index in [1.165, 1.54) is 5.56 Å². The fourth-order valence-electron chi connectivity index (χ4n) is 3.72. The smallest absolute Gasteiger partial charge is 0.311 e.